The number of benzene rings is 1. The normalized spacial score (nSPS) is 10.0. The quantitative estimate of drug-likeness (QED) is 0.367. The first-order chi connectivity index (χ1) is 10.5. The van der Waals surface area contributed by atoms with Gasteiger partial charge in [0.1, 0.15) is 6.20 Å². The Balaban J connectivity index is 1.88. The fraction of sp³-hybridized carbons (Fsp3) is 0.0833. The van der Waals surface area contributed by atoms with Crippen LogP contribution in [0.5, 0.6) is 0 Å². The third-order valence-corrected chi connectivity index (χ3v) is 3.30. The van der Waals surface area contributed by atoms with E-state index in [4.69, 9.17) is 10.5 Å². The van der Waals surface area contributed by atoms with E-state index in [-0.39, 0.29) is 21.4 Å². The maximum absolute atomic E-state index is 11.7. The number of hydrogen-bond acceptors (Lipinski definition) is 8. The third kappa shape index (κ3) is 3.76. The highest BCUT2D eigenvalue weighted by atomic mass is 32.1. The van der Waals surface area contributed by atoms with E-state index >= 15 is 0 Å². The topological polar surface area (TPSA) is 137 Å². The molecule has 9 nitrogen and oxygen atoms in total. The number of carbonyl (C=O) groups excluding carboxylic acids is 2. The lowest BCUT2D eigenvalue weighted by Crippen LogP contribution is -2.21. The monoisotopic (exact) mass is 322 g/mol. The van der Waals surface area contributed by atoms with Gasteiger partial charge in [-0.15, -0.1) is 0 Å². The van der Waals surface area contributed by atoms with Crippen molar-refractivity contribution in [2.75, 3.05) is 17.7 Å². The summed E-state index contributed by atoms with van der Waals surface area (Å²) in [5, 5.41) is 12.6. The first kappa shape index (κ1) is 15.4. The number of nitrogens with zero attached hydrogens (tertiary/aromatic N) is 2. The predicted molar refractivity (Wildman–Crippen MR) is 78.5 cm³/mol. The summed E-state index contributed by atoms with van der Waals surface area (Å²) in [6.45, 7) is -0.555. The molecule has 1 aromatic heterocycles. The van der Waals surface area contributed by atoms with Crippen LogP contribution in [-0.4, -0.2) is 28.4 Å². The van der Waals surface area contributed by atoms with Crippen LogP contribution in [0, 0.1) is 10.1 Å². The van der Waals surface area contributed by atoms with Crippen molar-refractivity contribution in [1.29, 1.82) is 0 Å². The summed E-state index contributed by atoms with van der Waals surface area (Å²) in [6.07, 6.45) is 1.02. The SMILES string of the molecule is Nc1ccccc1C(=O)OCC(=O)Nc1ncc([N+](=O)[O-])s1. The number of aromatic nitrogens is 1. The Kier molecular flexibility index (Phi) is 4.63. The van der Waals surface area contributed by atoms with Gasteiger partial charge in [-0.25, -0.2) is 9.78 Å². The molecule has 0 fully saturated rings. The number of nitrogens with two attached hydrogens (primary N) is 1. The molecule has 2 rings (SSSR count). The molecule has 1 heterocycles. The van der Waals surface area contributed by atoms with E-state index in [9.17, 15) is 19.7 Å². The van der Waals surface area contributed by atoms with Crippen LogP contribution >= 0.6 is 11.3 Å². The lowest BCUT2D eigenvalue weighted by atomic mass is 10.2. The summed E-state index contributed by atoms with van der Waals surface area (Å²) in [5.41, 5.74) is 6.00. The highest BCUT2D eigenvalue weighted by molar-refractivity contribution is 7.18. The minimum absolute atomic E-state index is 0.0481. The number of thiazole rings is 1. The lowest BCUT2D eigenvalue weighted by Gasteiger charge is -2.06. The molecule has 0 aliphatic rings. The fourth-order valence-electron chi connectivity index (χ4n) is 1.45. The maximum Gasteiger partial charge on any atom is 0.345 e. The van der Waals surface area contributed by atoms with Gasteiger partial charge in [-0.1, -0.05) is 12.1 Å². The van der Waals surface area contributed by atoms with Gasteiger partial charge in [-0.2, -0.15) is 0 Å². The maximum atomic E-state index is 11.7. The number of ether oxygens (including phenoxy) is 1. The number of anilines is 2. The molecule has 2 aromatic rings. The second-order valence-electron chi connectivity index (χ2n) is 3.97. The zero-order chi connectivity index (χ0) is 16.1. The van der Waals surface area contributed by atoms with Gasteiger partial charge < -0.3 is 10.5 Å². The van der Waals surface area contributed by atoms with Crippen molar-refractivity contribution in [3.8, 4) is 0 Å². The zero-order valence-corrected chi connectivity index (χ0v) is 11.8. The van der Waals surface area contributed by atoms with Gasteiger partial charge in [0, 0.05) is 5.69 Å². The van der Waals surface area contributed by atoms with Crippen LogP contribution in [0.2, 0.25) is 0 Å². The highest BCUT2D eigenvalue weighted by Gasteiger charge is 2.16. The Bertz CT molecular complexity index is 730. The first-order valence-electron chi connectivity index (χ1n) is 5.89. The van der Waals surface area contributed by atoms with Crippen LogP contribution in [0.15, 0.2) is 30.5 Å². The number of amides is 1. The van der Waals surface area contributed by atoms with Crippen LogP contribution in [0.4, 0.5) is 15.8 Å². The molecule has 1 amide bonds. The summed E-state index contributed by atoms with van der Waals surface area (Å²) in [5.74, 6) is -1.40. The largest absolute Gasteiger partial charge is 0.452 e. The molecule has 0 aliphatic carbocycles. The third-order valence-electron chi connectivity index (χ3n) is 2.43. The Morgan fingerprint density at radius 1 is 1.41 bits per heavy atom. The van der Waals surface area contributed by atoms with Gasteiger partial charge >= 0.3 is 11.0 Å². The molecule has 1 aromatic carbocycles. The molecule has 0 saturated carbocycles. The average molecular weight is 322 g/mol. The molecule has 0 unspecified atom stereocenters. The predicted octanol–water partition coefficient (Wildman–Crippen LogP) is 1.43. The minimum atomic E-state index is -0.738. The molecule has 0 atom stereocenters. The number of rotatable bonds is 5. The van der Waals surface area contributed by atoms with Crippen LogP contribution in [-0.2, 0) is 9.53 Å². The van der Waals surface area contributed by atoms with E-state index in [1.54, 1.807) is 12.1 Å². The Hall–Kier alpha value is -3.01. The summed E-state index contributed by atoms with van der Waals surface area (Å²) in [6, 6.07) is 6.28. The van der Waals surface area contributed by atoms with Crippen molar-refractivity contribution in [2.45, 2.75) is 0 Å². The van der Waals surface area contributed by atoms with E-state index < -0.39 is 23.4 Å². The number of hydrogen-bond donors (Lipinski definition) is 2. The number of nitrogen functional groups attached to an aromatic ring is 1. The lowest BCUT2D eigenvalue weighted by molar-refractivity contribution is -0.380. The van der Waals surface area contributed by atoms with E-state index in [0.29, 0.717) is 11.3 Å². The molecule has 3 N–H and O–H groups in total. The first-order valence-corrected chi connectivity index (χ1v) is 6.70. The Morgan fingerprint density at radius 2 is 2.14 bits per heavy atom. The molecule has 0 spiro atoms. The van der Waals surface area contributed by atoms with E-state index in [0.717, 1.165) is 6.20 Å². The number of para-hydroxylation sites is 1. The van der Waals surface area contributed by atoms with Crippen molar-refractivity contribution < 1.29 is 19.2 Å². The van der Waals surface area contributed by atoms with Crippen molar-refractivity contribution in [3.05, 3.63) is 46.1 Å². The molecule has 114 valence electrons. The van der Waals surface area contributed by atoms with Crippen molar-refractivity contribution in [1.82, 2.24) is 4.98 Å². The molecule has 0 saturated heterocycles. The van der Waals surface area contributed by atoms with Gasteiger partial charge in [0.05, 0.1) is 10.5 Å². The second kappa shape index (κ2) is 6.63. The van der Waals surface area contributed by atoms with Gasteiger partial charge in [0.15, 0.2) is 11.7 Å². The van der Waals surface area contributed by atoms with Crippen molar-refractivity contribution >= 4 is 39.0 Å². The molecular weight excluding hydrogens is 312 g/mol. The molecule has 0 radical (unpaired) electrons. The average Bonchev–Trinajstić information content (AvgIpc) is 2.94. The van der Waals surface area contributed by atoms with E-state index in [2.05, 4.69) is 10.3 Å². The molecule has 10 heteroatoms. The van der Waals surface area contributed by atoms with E-state index in [1.165, 1.54) is 12.1 Å². The van der Waals surface area contributed by atoms with Crippen LogP contribution < -0.4 is 11.1 Å². The fourth-order valence-corrected chi connectivity index (χ4v) is 2.10. The van der Waals surface area contributed by atoms with Crippen LogP contribution in [0.3, 0.4) is 0 Å². The van der Waals surface area contributed by atoms with Gasteiger partial charge in [0.25, 0.3) is 5.91 Å². The standard InChI is InChI=1S/C12H10N4O5S/c13-8-4-2-1-3-7(8)11(18)21-6-9(17)15-12-14-5-10(22-12)16(19)20/h1-5H,6,13H2,(H,14,15,17). The number of carbonyl (C=O) groups is 2. The number of nitrogens with one attached hydrogen (secondary N) is 1. The van der Waals surface area contributed by atoms with Gasteiger partial charge in [-0.05, 0) is 23.5 Å². The highest BCUT2D eigenvalue weighted by Crippen LogP contribution is 2.24. The summed E-state index contributed by atoms with van der Waals surface area (Å²) in [7, 11) is 0. The molecular formula is C12H10N4O5S. The van der Waals surface area contributed by atoms with Crippen molar-refractivity contribution in [2.24, 2.45) is 0 Å². The minimum Gasteiger partial charge on any atom is -0.452 e. The second-order valence-corrected chi connectivity index (χ2v) is 4.98. The van der Waals surface area contributed by atoms with Crippen LogP contribution in [0.25, 0.3) is 0 Å². The van der Waals surface area contributed by atoms with Gasteiger partial charge in [0.2, 0.25) is 0 Å². The summed E-state index contributed by atoms with van der Waals surface area (Å²) in [4.78, 5) is 36.8. The Labute approximate surface area is 127 Å². The summed E-state index contributed by atoms with van der Waals surface area (Å²) < 4.78 is 4.81. The molecule has 0 bridgehead atoms. The Morgan fingerprint density at radius 3 is 2.77 bits per heavy atom. The number of nitro groups is 1. The summed E-state index contributed by atoms with van der Waals surface area (Å²) >= 11 is 0.700. The van der Waals surface area contributed by atoms with E-state index in [1.807, 2.05) is 0 Å². The molecule has 0 aliphatic heterocycles. The smallest absolute Gasteiger partial charge is 0.345 e. The van der Waals surface area contributed by atoms with Gasteiger partial charge in [-0.3, -0.25) is 20.2 Å². The van der Waals surface area contributed by atoms with Crippen molar-refractivity contribution in [3.63, 3.8) is 0 Å². The number of esters is 1. The molecule has 22 heavy (non-hydrogen) atoms. The zero-order valence-electron chi connectivity index (χ0n) is 11.0. The van der Waals surface area contributed by atoms with Crippen LogP contribution in [0.1, 0.15) is 10.4 Å².